The summed E-state index contributed by atoms with van der Waals surface area (Å²) in [5.74, 6) is -0.458. The number of carbonyl (C=O) groups excluding carboxylic acids is 3. The first-order chi connectivity index (χ1) is 17.0. The first kappa shape index (κ1) is 22.3. The van der Waals surface area contributed by atoms with E-state index in [2.05, 4.69) is 15.3 Å². The molecule has 1 aliphatic rings. The van der Waals surface area contributed by atoms with Crippen molar-refractivity contribution in [1.29, 1.82) is 0 Å². The molecule has 3 heterocycles. The molecule has 2 aromatic heterocycles. The van der Waals surface area contributed by atoms with Crippen LogP contribution in [0.1, 0.15) is 35.4 Å². The number of nitrogens with one attached hydrogen (secondary N) is 1. The topological polar surface area (TPSA) is 106 Å². The lowest BCUT2D eigenvalue weighted by Gasteiger charge is -2.15. The van der Waals surface area contributed by atoms with E-state index >= 15 is 0 Å². The van der Waals surface area contributed by atoms with Gasteiger partial charge in [-0.3, -0.25) is 24.0 Å². The molecule has 1 unspecified atom stereocenters. The van der Waals surface area contributed by atoms with Gasteiger partial charge in [-0.1, -0.05) is 18.2 Å². The summed E-state index contributed by atoms with van der Waals surface area (Å²) in [4.78, 5) is 48.8. The predicted molar refractivity (Wildman–Crippen MR) is 130 cm³/mol. The average Bonchev–Trinajstić information content (AvgIpc) is 3.36. The van der Waals surface area contributed by atoms with Gasteiger partial charge in [-0.05, 0) is 55.5 Å². The van der Waals surface area contributed by atoms with Gasteiger partial charge in [0.2, 0.25) is 11.9 Å². The van der Waals surface area contributed by atoms with Gasteiger partial charge in [0.1, 0.15) is 6.04 Å². The number of amides is 2. The van der Waals surface area contributed by atoms with Gasteiger partial charge in [0.05, 0.1) is 41.9 Å². The summed E-state index contributed by atoms with van der Waals surface area (Å²) >= 11 is 0. The molecule has 176 valence electrons. The van der Waals surface area contributed by atoms with Crippen LogP contribution in [-0.2, 0) is 20.9 Å². The van der Waals surface area contributed by atoms with Crippen LogP contribution in [0.5, 0.6) is 0 Å². The minimum absolute atomic E-state index is 0.0649. The first-order valence-electron chi connectivity index (χ1n) is 11.3. The Labute approximate surface area is 201 Å². The molecule has 0 spiro atoms. The van der Waals surface area contributed by atoms with Crippen LogP contribution >= 0.6 is 0 Å². The van der Waals surface area contributed by atoms with Gasteiger partial charge in [-0.25, -0.2) is 9.78 Å². The van der Waals surface area contributed by atoms with Crippen LogP contribution in [0.25, 0.3) is 11.0 Å². The largest absolute Gasteiger partial charge is 0.462 e. The van der Waals surface area contributed by atoms with Crippen LogP contribution in [0.4, 0.5) is 11.6 Å². The van der Waals surface area contributed by atoms with E-state index in [-0.39, 0.29) is 31.4 Å². The van der Waals surface area contributed by atoms with Crippen LogP contribution in [0.2, 0.25) is 0 Å². The highest BCUT2D eigenvalue weighted by Crippen LogP contribution is 2.37. The molecule has 2 amide bonds. The van der Waals surface area contributed by atoms with Crippen LogP contribution < -0.4 is 10.2 Å². The molecule has 4 aromatic rings. The van der Waals surface area contributed by atoms with Crippen molar-refractivity contribution in [2.45, 2.75) is 25.9 Å². The van der Waals surface area contributed by atoms with Crippen LogP contribution in [-0.4, -0.2) is 38.9 Å². The zero-order chi connectivity index (χ0) is 24.4. The number of hydrogen-bond acceptors (Lipinski definition) is 6. The Morgan fingerprint density at radius 1 is 1.03 bits per heavy atom. The van der Waals surface area contributed by atoms with E-state index in [9.17, 15) is 14.4 Å². The van der Waals surface area contributed by atoms with Gasteiger partial charge in [0, 0.05) is 11.9 Å². The zero-order valence-corrected chi connectivity index (χ0v) is 19.0. The van der Waals surface area contributed by atoms with Gasteiger partial charge in [0.25, 0.3) is 5.91 Å². The molecule has 1 atom stereocenters. The average molecular weight is 470 g/mol. The second-order valence-electron chi connectivity index (χ2n) is 8.08. The molecule has 1 N–H and O–H groups in total. The number of hydrogen-bond donors (Lipinski definition) is 1. The molecule has 5 rings (SSSR count). The Hall–Kier alpha value is -4.53. The number of anilines is 2. The molecular weight excluding hydrogens is 446 g/mol. The minimum atomic E-state index is -0.736. The Bertz CT molecular complexity index is 1400. The van der Waals surface area contributed by atoms with E-state index in [4.69, 9.17) is 4.74 Å². The molecule has 0 radical (unpaired) electrons. The zero-order valence-electron chi connectivity index (χ0n) is 19.0. The van der Waals surface area contributed by atoms with E-state index in [0.717, 1.165) is 16.7 Å². The summed E-state index contributed by atoms with van der Waals surface area (Å²) in [6, 6.07) is 18.8. The Morgan fingerprint density at radius 2 is 1.80 bits per heavy atom. The van der Waals surface area contributed by atoms with Gasteiger partial charge in [-0.15, -0.1) is 0 Å². The maximum absolute atomic E-state index is 13.4. The lowest BCUT2D eigenvalue weighted by molar-refractivity contribution is -0.124. The van der Waals surface area contributed by atoms with Crippen molar-refractivity contribution in [2.24, 2.45) is 0 Å². The number of nitrogens with zero attached hydrogens (tertiary/aromatic N) is 4. The van der Waals surface area contributed by atoms with E-state index < -0.39 is 12.0 Å². The van der Waals surface area contributed by atoms with Crippen molar-refractivity contribution in [3.63, 3.8) is 0 Å². The molecule has 0 aliphatic carbocycles. The van der Waals surface area contributed by atoms with Crippen molar-refractivity contribution in [3.05, 3.63) is 84.2 Å². The summed E-state index contributed by atoms with van der Waals surface area (Å²) in [6.07, 6.45) is 1.61. The number of para-hydroxylation sites is 2. The number of esters is 1. The van der Waals surface area contributed by atoms with Crippen molar-refractivity contribution >= 4 is 40.5 Å². The Balaban J connectivity index is 1.38. The number of benzene rings is 2. The molecule has 35 heavy (non-hydrogen) atoms. The molecule has 0 saturated heterocycles. The molecule has 0 fully saturated rings. The fourth-order valence-electron chi connectivity index (χ4n) is 4.19. The smallest absolute Gasteiger partial charge is 0.338 e. The number of carbonyl (C=O) groups is 3. The maximum Gasteiger partial charge on any atom is 0.338 e. The molecule has 1 aliphatic heterocycles. The highest BCUT2D eigenvalue weighted by atomic mass is 16.5. The highest BCUT2D eigenvalue weighted by Gasteiger charge is 2.41. The third-order valence-electron chi connectivity index (χ3n) is 5.79. The second kappa shape index (κ2) is 9.38. The van der Waals surface area contributed by atoms with Crippen LogP contribution in [0.15, 0.2) is 72.9 Å². The van der Waals surface area contributed by atoms with Crippen LogP contribution in [0.3, 0.4) is 0 Å². The quantitative estimate of drug-likeness (QED) is 0.414. The number of ether oxygens (including phenoxy) is 1. The summed E-state index contributed by atoms with van der Waals surface area (Å²) in [6.45, 7) is 2.29. The summed E-state index contributed by atoms with van der Waals surface area (Å²) in [7, 11) is 0. The fourth-order valence-corrected chi connectivity index (χ4v) is 4.19. The van der Waals surface area contributed by atoms with Gasteiger partial charge >= 0.3 is 5.97 Å². The van der Waals surface area contributed by atoms with Gasteiger partial charge in [-0.2, -0.15) is 0 Å². The number of rotatable bonds is 7. The maximum atomic E-state index is 13.4. The summed E-state index contributed by atoms with van der Waals surface area (Å²) in [5, 5.41) is 2.82. The standard InChI is InChI=1S/C26H23N5O4/c1-2-35-25(34)17-10-12-18(13-11-17)28-23(32)15-22-24(33)30(16-19-7-5-6-14-27-19)26-29-20-8-3-4-9-21(20)31(22)26/h3-14,22H,2,15-16H2,1H3,(H,28,32). The normalized spacial score (nSPS) is 14.7. The van der Waals surface area contributed by atoms with Crippen molar-refractivity contribution < 1.29 is 19.1 Å². The van der Waals surface area contributed by atoms with Gasteiger partial charge in [0.15, 0.2) is 0 Å². The highest BCUT2D eigenvalue weighted by molar-refractivity contribution is 6.05. The SMILES string of the molecule is CCOC(=O)c1ccc(NC(=O)CC2C(=O)N(Cc3ccccn3)c3nc4ccccc4n32)cc1. The summed E-state index contributed by atoms with van der Waals surface area (Å²) < 4.78 is 6.80. The molecule has 0 bridgehead atoms. The lowest BCUT2D eigenvalue weighted by Crippen LogP contribution is -2.31. The lowest BCUT2D eigenvalue weighted by atomic mass is 10.1. The molecule has 9 nitrogen and oxygen atoms in total. The Kier molecular flexibility index (Phi) is 5.97. The molecule has 0 saturated carbocycles. The van der Waals surface area contributed by atoms with Crippen molar-refractivity contribution in [1.82, 2.24) is 14.5 Å². The number of fused-ring (bicyclic) bond motifs is 3. The fraction of sp³-hybridized carbons (Fsp3) is 0.192. The summed E-state index contributed by atoms with van der Waals surface area (Å²) in [5.41, 5.74) is 3.19. The first-order valence-corrected chi connectivity index (χ1v) is 11.3. The monoisotopic (exact) mass is 469 g/mol. The second-order valence-corrected chi connectivity index (χ2v) is 8.08. The van der Waals surface area contributed by atoms with E-state index in [1.165, 1.54) is 0 Å². The van der Waals surface area contributed by atoms with Crippen molar-refractivity contribution in [3.8, 4) is 0 Å². The number of aromatic nitrogens is 3. The Morgan fingerprint density at radius 3 is 2.54 bits per heavy atom. The minimum Gasteiger partial charge on any atom is -0.462 e. The third-order valence-corrected chi connectivity index (χ3v) is 5.79. The number of imidazole rings is 1. The molecule has 2 aromatic carbocycles. The number of pyridine rings is 1. The predicted octanol–water partition coefficient (Wildman–Crippen LogP) is 3.72. The molecular formula is C26H23N5O4. The van der Waals surface area contributed by atoms with E-state index in [1.54, 1.807) is 42.3 Å². The third kappa shape index (κ3) is 4.35. The van der Waals surface area contributed by atoms with Crippen LogP contribution in [0, 0.1) is 0 Å². The molecule has 9 heteroatoms. The van der Waals surface area contributed by atoms with Crippen molar-refractivity contribution in [2.75, 3.05) is 16.8 Å². The van der Waals surface area contributed by atoms with Gasteiger partial charge < -0.3 is 10.1 Å². The van der Waals surface area contributed by atoms with E-state index in [0.29, 0.717) is 17.2 Å². The van der Waals surface area contributed by atoms with E-state index in [1.807, 2.05) is 47.0 Å².